The van der Waals surface area contributed by atoms with Crippen molar-refractivity contribution in [3.63, 3.8) is 0 Å². The third-order valence-electron chi connectivity index (χ3n) is 3.07. The van der Waals surface area contributed by atoms with Crippen molar-refractivity contribution in [3.8, 4) is 5.75 Å². The van der Waals surface area contributed by atoms with Gasteiger partial charge in [0.25, 0.3) is 0 Å². The minimum Gasteiger partial charge on any atom is -0.423 e. The third kappa shape index (κ3) is 3.75. The van der Waals surface area contributed by atoms with Crippen molar-refractivity contribution in [2.24, 2.45) is 0 Å². The van der Waals surface area contributed by atoms with Gasteiger partial charge in [-0.1, -0.05) is 12.1 Å². The zero-order valence-electron chi connectivity index (χ0n) is 11.7. The predicted octanol–water partition coefficient (Wildman–Crippen LogP) is 2.84. The Labute approximate surface area is 131 Å². The van der Waals surface area contributed by atoms with Crippen molar-refractivity contribution in [2.75, 3.05) is 0 Å². The lowest BCUT2D eigenvalue weighted by Gasteiger charge is -2.07. The van der Waals surface area contributed by atoms with E-state index in [0.29, 0.717) is 10.9 Å². The Hall–Kier alpha value is -2.67. The summed E-state index contributed by atoms with van der Waals surface area (Å²) < 4.78 is 46.9. The first-order valence-electron chi connectivity index (χ1n) is 6.62. The number of fused-ring (bicyclic) bond motifs is 1. The molecule has 0 spiro atoms. The summed E-state index contributed by atoms with van der Waals surface area (Å²) in [4.78, 5) is 11.2. The summed E-state index contributed by atoms with van der Waals surface area (Å²) in [6.07, 6.45) is 0. The largest absolute Gasteiger partial charge is 0.423 e. The van der Waals surface area contributed by atoms with Gasteiger partial charge in [0.2, 0.25) is 0 Å². The van der Waals surface area contributed by atoms with Crippen LogP contribution in [0.15, 0.2) is 63.8 Å². The topological polar surface area (TPSA) is 73.6 Å². The zero-order chi connectivity index (χ0) is 16.4. The first-order chi connectivity index (χ1) is 10.9. The average molecular weight is 334 g/mol. The van der Waals surface area contributed by atoms with Gasteiger partial charge in [0, 0.05) is 17.5 Å². The molecule has 0 radical (unpaired) electrons. The Kier molecular flexibility index (Phi) is 3.87. The van der Waals surface area contributed by atoms with Crippen LogP contribution in [0, 0.1) is 5.82 Å². The minimum atomic E-state index is -3.92. The molecule has 2 aromatic carbocycles. The molecule has 7 heteroatoms. The van der Waals surface area contributed by atoms with Gasteiger partial charge in [0.05, 0.1) is 0 Å². The molecule has 118 valence electrons. The van der Waals surface area contributed by atoms with Gasteiger partial charge in [0.1, 0.15) is 22.9 Å². The maximum absolute atomic E-state index is 12.8. The first-order valence-corrected chi connectivity index (χ1v) is 8.20. The molecule has 3 rings (SSSR count). The summed E-state index contributed by atoms with van der Waals surface area (Å²) in [5.74, 6) is -0.810. The van der Waals surface area contributed by atoms with Crippen molar-refractivity contribution < 1.29 is 21.4 Å². The Balaban J connectivity index is 1.85. The van der Waals surface area contributed by atoms with Crippen LogP contribution in [-0.4, -0.2) is 8.42 Å². The van der Waals surface area contributed by atoms with Crippen molar-refractivity contribution in [3.05, 3.63) is 76.4 Å². The SMILES string of the molecule is O=c1ccc2ccc(OS(=O)(=O)Cc3ccc(F)cc3)cc2o1. The van der Waals surface area contributed by atoms with Crippen LogP contribution in [-0.2, 0) is 15.9 Å². The molecule has 0 aliphatic carbocycles. The summed E-state index contributed by atoms with van der Waals surface area (Å²) in [6.45, 7) is 0. The van der Waals surface area contributed by atoms with E-state index in [1.54, 1.807) is 12.1 Å². The van der Waals surface area contributed by atoms with Crippen LogP contribution in [0.5, 0.6) is 5.75 Å². The van der Waals surface area contributed by atoms with E-state index < -0.39 is 27.3 Å². The molecule has 1 aromatic heterocycles. The van der Waals surface area contributed by atoms with Crippen LogP contribution in [0.3, 0.4) is 0 Å². The minimum absolute atomic E-state index is 0.0361. The second-order valence-electron chi connectivity index (χ2n) is 4.87. The summed E-state index contributed by atoms with van der Waals surface area (Å²) >= 11 is 0. The van der Waals surface area contributed by atoms with E-state index in [4.69, 9.17) is 8.60 Å². The number of hydrogen-bond donors (Lipinski definition) is 0. The molecule has 5 nitrogen and oxygen atoms in total. The van der Waals surface area contributed by atoms with E-state index in [0.717, 1.165) is 0 Å². The highest BCUT2D eigenvalue weighted by Gasteiger charge is 2.15. The highest BCUT2D eigenvalue weighted by Crippen LogP contribution is 2.22. The van der Waals surface area contributed by atoms with Crippen LogP contribution in [0.2, 0.25) is 0 Å². The zero-order valence-corrected chi connectivity index (χ0v) is 12.5. The fraction of sp³-hybridized carbons (Fsp3) is 0.0625. The molecule has 3 aromatic rings. The van der Waals surface area contributed by atoms with Gasteiger partial charge in [-0.3, -0.25) is 0 Å². The molecule has 23 heavy (non-hydrogen) atoms. The highest BCUT2D eigenvalue weighted by molar-refractivity contribution is 7.86. The van der Waals surface area contributed by atoms with E-state index >= 15 is 0 Å². The van der Waals surface area contributed by atoms with Crippen LogP contribution >= 0.6 is 0 Å². The predicted molar refractivity (Wildman–Crippen MR) is 82.1 cm³/mol. The Bertz CT molecular complexity index is 1010. The average Bonchev–Trinajstić information content (AvgIpc) is 2.48. The molecule has 0 amide bonds. The normalized spacial score (nSPS) is 11.5. The fourth-order valence-electron chi connectivity index (χ4n) is 2.05. The molecule has 0 fully saturated rings. The Morgan fingerprint density at radius 2 is 1.70 bits per heavy atom. The van der Waals surface area contributed by atoms with Gasteiger partial charge in [-0.2, -0.15) is 8.42 Å². The Morgan fingerprint density at radius 3 is 2.43 bits per heavy atom. The summed E-state index contributed by atoms with van der Waals surface area (Å²) in [7, 11) is -3.92. The molecular weight excluding hydrogens is 323 g/mol. The highest BCUT2D eigenvalue weighted by atomic mass is 32.2. The van der Waals surface area contributed by atoms with Gasteiger partial charge in [-0.05, 0) is 35.9 Å². The molecular formula is C16H11FO5S. The van der Waals surface area contributed by atoms with Crippen molar-refractivity contribution >= 4 is 21.1 Å². The number of benzene rings is 2. The molecule has 0 unspecified atom stereocenters. The second kappa shape index (κ2) is 5.85. The van der Waals surface area contributed by atoms with E-state index in [1.807, 2.05) is 0 Å². The number of rotatable bonds is 4. The smallest absolute Gasteiger partial charge is 0.336 e. The molecule has 0 saturated heterocycles. The standard InChI is InChI=1S/C16H11FO5S/c17-13-5-1-11(2-6-13)10-23(19,20)22-14-7-3-12-4-8-16(18)21-15(12)9-14/h1-9H,10H2. The molecule has 0 N–H and O–H groups in total. The lowest BCUT2D eigenvalue weighted by Crippen LogP contribution is -2.12. The number of halogens is 1. The molecule has 0 atom stereocenters. The fourth-order valence-corrected chi connectivity index (χ4v) is 3.11. The maximum atomic E-state index is 12.8. The third-order valence-corrected chi connectivity index (χ3v) is 4.21. The second-order valence-corrected chi connectivity index (χ2v) is 6.44. The molecule has 1 heterocycles. The molecule has 0 saturated carbocycles. The summed E-state index contributed by atoms with van der Waals surface area (Å²) in [5.41, 5.74) is 0.0922. The molecule has 0 bridgehead atoms. The van der Waals surface area contributed by atoms with Crippen molar-refractivity contribution in [1.82, 2.24) is 0 Å². The van der Waals surface area contributed by atoms with Crippen LogP contribution < -0.4 is 9.81 Å². The summed E-state index contributed by atoms with van der Waals surface area (Å²) in [6, 6.07) is 12.3. The van der Waals surface area contributed by atoms with E-state index in [2.05, 4.69) is 0 Å². The Morgan fingerprint density at radius 1 is 1.00 bits per heavy atom. The van der Waals surface area contributed by atoms with Gasteiger partial charge in [0.15, 0.2) is 0 Å². The molecule has 0 aliphatic heterocycles. The van der Waals surface area contributed by atoms with E-state index in [1.165, 1.54) is 42.5 Å². The van der Waals surface area contributed by atoms with Crippen molar-refractivity contribution in [1.29, 1.82) is 0 Å². The lowest BCUT2D eigenvalue weighted by molar-refractivity contribution is 0.484. The van der Waals surface area contributed by atoms with Crippen molar-refractivity contribution in [2.45, 2.75) is 5.75 Å². The van der Waals surface area contributed by atoms with Crippen LogP contribution in [0.25, 0.3) is 11.0 Å². The van der Waals surface area contributed by atoms with Crippen LogP contribution in [0.4, 0.5) is 4.39 Å². The van der Waals surface area contributed by atoms with Crippen LogP contribution in [0.1, 0.15) is 5.56 Å². The van der Waals surface area contributed by atoms with Gasteiger partial charge in [-0.25, -0.2) is 9.18 Å². The lowest BCUT2D eigenvalue weighted by atomic mass is 10.2. The maximum Gasteiger partial charge on any atom is 0.336 e. The van der Waals surface area contributed by atoms with E-state index in [9.17, 15) is 17.6 Å². The quantitative estimate of drug-likeness (QED) is 0.542. The summed E-state index contributed by atoms with van der Waals surface area (Å²) in [5, 5.41) is 0.646. The van der Waals surface area contributed by atoms with E-state index in [-0.39, 0.29) is 11.3 Å². The first kappa shape index (κ1) is 15.2. The van der Waals surface area contributed by atoms with Gasteiger partial charge in [-0.15, -0.1) is 0 Å². The monoisotopic (exact) mass is 334 g/mol. The van der Waals surface area contributed by atoms with Gasteiger partial charge < -0.3 is 8.60 Å². The molecule has 0 aliphatic rings. The van der Waals surface area contributed by atoms with Gasteiger partial charge >= 0.3 is 15.7 Å². The number of hydrogen-bond acceptors (Lipinski definition) is 5.